The largest absolute Gasteiger partial charge is 0.336 e. The molecule has 0 atom stereocenters. The number of nitrogens with zero attached hydrogens (tertiary/aromatic N) is 4. The molecule has 0 N–H and O–H groups in total. The molecule has 144 valence electrons. The second-order valence-electron chi connectivity index (χ2n) is 6.53. The van der Waals surface area contributed by atoms with Crippen molar-refractivity contribution in [1.82, 2.24) is 18.4 Å². The van der Waals surface area contributed by atoms with Gasteiger partial charge in [-0.25, -0.2) is 4.39 Å². The Bertz CT molecular complexity index is 776. The minimum Gasteiger partial charge on any atom is -0.336 e. The van der Waals surface area contributed by atoms with Crippen LogP contribution in [-0.4, -0.2) is 92.1 Å². The van der Waals surface area contributed by atoms with Crippen LogP contribution in [0.5, 0.6) is 0 Å². The molecular formula is C16H22BrFN4O3S. The van der Waals surface area contributed by atoms with Crippen molar-refractivity contribution in [3.63, 3.8) is 0 Å². The zero-order valence-corrected chi connectivity index (χ0v) is 17.0. The van der Waals surface area contributed by atoms with Crippen LogP contribution in [0.3, 0.4) is 0 Å². The first-order chi connectivity index (χ1) is 12.3. The monoisotopic (exact) mass is 448 g/mol. The smallest absolute Gasteiger partial charge is 0.282 e. The third-order valence-corrected chi connectivity index (χ3v) is 7.49. The minimum atomic E-state index is -3.49. The van der Waals surface area contributed by atoms with Crippen LogP contribution in [0.1, 0.15) is 10.4 Å². The summed E-state index contributed by atoms with van der Waals surface area (Å²) in [7, 11) is -1.52. The Morgan fingerprint density at radius 2 is 1.54 bits per heavy atom. The second kappa shape index (κ2) is 7.89. The first-order valence-electron chi connectivity index (χ1n) is 8.47. The van der Waals surface area contributed by atoms with Gasteiger partial charge in [-0.2, -0.15) is 17.0 Å². The van der Waals surface area contributed by atoms with Crippen LogP contribution >= 0.6 is 15.9 Å². The van der Waals surface area contributed by atoms with Gasteiger partial charge in [-0.15, -0.1) is 0 Å². The highest BCUT2D eigenvalue weighted by Gasteiger charge is 2.35. The summed E-state index contributed by atoms with van der Waals surface area (Å²) in [6.07, 6.45) is 0. The summed E-state index contributed by atoms with van der Waals surface area (Å²) in [6.45, 7) is 3.57. The third kappa shape index (κ3) is 4.09. The molecule has 10 heteroatoms. The molecule has 1 aromatic carbocycles. The quantitative estimate of drug-likeness (QED) is 0.686. The van der Waals surface area contributed by atoms with Gasteiger partial charge in [0, 0.05) is 56.8 Å². The lowest BCUT2D eigenvalue weighted by atomic mass is 10.2. The molecule has 0 bridgehead atoms. The summed E-state index contributed by atoms with van der Waals surface area (Å²) < 4.78 is 42.1. The van der Waals surface area contributed by atoms with Crippen molar-refractivity contribution < 1.29 is 17.6 Å². The van der Waals surface area contributed by atoms with Crippen molar-refractivity contribution >= 4 is 32.0 Å². The van der Waals surface area contributed by atoms with E-state index in [2.05, 4.69) is 20.8 Å². The maximum Gasteiger partial charge on any atom is 0.282 e. The molecule has 2 heterocycles. The summed E-state index contributed by atoms with van der Waals surface area (Å²) in [4.78, 5) is 16.3. The van der Waals surface area contributed by atoms with Crippen molar-refractivity contribution in [1.29, 1.82) is 0 Å². The third-order valence-electron chi connectivity index (χ3n) is 4.80. The SMILES string of the molecule is CN1CCN(S(=O)(=O)N2CCN(C(=O)c3ccc(F)cc3Br)CC2)CC1. The molecule has 26 heavy (non-hydrogen) atoms. The van der Waals surface area contributed by atoms with Gasteiger partial charge in [0.15, 0.2) is 0 Å². The highest BCUT2D eigenvalue weighted by Crippen LogP contribution is 2.21. The summed E-state index contributed by atoms with van der Waals surface area (Å²) >= 11 is 3.21. The van der Waals surface area contributed by atoms with Crippen molar-refractivity contribution in [3.05, 3.63) is 34.1 Å². The minimum absolute atomic E-state index is 0.228. The summed E-state index contributed by atoms with van der Waals surface area (Å²) in [5.74, 6) is -0.648. The average Bonchev–Trinajstić information content (AvgIpc) is 2.62. The van der Waals surface area contributed by atoms with Crippen LogP contribution in [0.4, 0.5) is 4.39 Å². The number of carbonyl (C=O) groups excluding carboxylic acids is 1. The molecule has 0 radical (unpaired) electrons. The number of likely N-dealkylation sites (N-methyl/N-ethyl adjacent to an activating group) is 1. The van der Waals surface area contributed by atoms with Crippen molar-refractivity contribution in [3.8, 4) is 0 Å². The van der Waals surface area contributed by atoms with Gasteiger partial charge in [0.2, 0.25) is 0 Å². The van der Waals surface area contributed by atoms with E-state index >= 15 is 0 Å². The first kappa shape index (κ1) is 19.7. The van der Waals surface area contributed by atoms with Gasteiger partial charge in [0.1, 0.15) is 5.82 Å². The van der Waals surface area contributed by atoms with Crippen LogP contribution < -0.4 is 0 Å². The predicted molar refractivity (Wildman–Crippen MR) is 99.6 cm³/mol. The van der Waals surface area contributed by atoms with Gasteiger partial charge in [0.25, 0.3) is 16.1 Å². The van der Waals surface area contributed by atoms with Crippen LogP contribution in [0.15, 0.2) is 22.7 Å². The Hall–Kier alpha value is -1.07. The van der Waals surface area contributed by atoms with E-state index in [1.807, 2.05) is 7.05 Å². The highest BCUT2D eigenvalue weighted by molar-refractivity contribution is 9.10. The summed E-state index contributed by atoms with van der Waals surface area (Å²) in [5.41, 5.74) is 0.377. The Morgan fingerprint density at radius 1 is 1.00 bits per heavy atom. The fourth-order valence-electron chi connectivity index (χ4n) is 3.14. The number of carbonyl (C=O) groups is 1. The Morgan fingerprint density at radius 3 is 2.08 bits per heavy atom. The molecule has 0 spiro atoms. The highest BCUT2D eigenvalue weighted by atomic mass is 79.9. The maximum absolute atomic E-state index is 13.2. The number of piperazine rings is 2. The lowest BCUT2D eigenvalue weighted by Gasteiger charge is -2.39. The maximum atomic E-state index is 13.2. The zero-order chi connectivity index (χ0) is 18.9. The van der Waals surface area contributed by atoms with E-state index < -0.39 is 16.0 Å². The predicted octanol–water partition coefficient (Wildman–Crippen LogP) is 0.838. The van der Waals surface area contributed by atoms with Gasteiger partial charge in [0.05, 0.1) is 5.56 Å². The van der Waals surface area contributed by atoms with E-state index in [4.69, 9.17) is 0 Å². The van der Waals surface area contributed by atoms with E-state index in [9.17, 15) is 17.6 Å². The van der Waals surface area contributed by atoms with Crippen LogP contribution in [0.25, 0.3) is 0 Å². The molecule has 2 fully saturated rings. The number of rotatable bonds is 3. The van der Waals surface area contributed by atoms with Crippen molar-refractivity contribution in [2.24, 2.45) is 0 Å². The molecular weight excluding hydrogens is 427 g/mol. The Labute approximate surface area is 161 Å². The zero-order valence-electron chi connectivity index (χ0n) is 14.6. The van der Waals surface area contributed by atoms with E-state index in [-0.39, 0.29) is 19.0 Å². The molecule has 0 unspecified atom stereocenters. The van der Waals surface area contributed by atoms with Crippen LogP contribution in [-0.2, 0) is 10.2 Å². The summed E-state index contributed by atoms with van der Waals surface area (Å²) in [5, 5.41) is 0. The topological polar surface area (TPSA) is 64.2 Å². The molecule has 0 saturated carbocycles. The van der Waals surface area contributed by atoms with Gasteiger partial charge in [-0.3, -0.25) is 4.79 Å². The normalized spacial score (nSPS) is 21.1. The lowest BCUT2D eigenvalue weighted by Crippen LogP contribution is -2.57. The second-order valence-corrected chi connectivity index (χ2v) is 9.31. The first-order valence-corrected chi connectivity index (χ1v) is 10.7. The molecule has 0 aromatic heterocycles. The number of hydrogen-bond donors (Lipinski definition) is 0. The lowest BCUT2D eigenvalue weighted by molar-refractivity contribution is 0.0691. The molecule has 2 aliphatic heterocycles. The number of benzene rings is 1. The fourth-order valence-corrected chi connectivity index (χ4v) is 5.23. The number of halogens is 2. The van der Waals surface area contributed by atoms with Gasteiger partial charge < -0.3 is 9.80 Å². The number of amides is 1. The van der Waals surface area contributed by atoms with E-state index in [0.717, 1.165) is 13.1 Å². The fraction of sp³-hybridized carbons (Fsp3) is 0.562. The van der Waals surface area contributed by atoms with Crippen molar-refractivity contribution in [2.75, 3.05) is 59.4 Å². The Balaban J connectivity index is 1.62. The van der Waals surface area contributed by atoms with E-state index in [1.165, 1.54) is 26.8 Å². The molecule has 2 saturated heterocycles. The molecule has 7 nitrogen and oxygen atoms in total. The summed E-state index contributed by atoms with van der Waals surface area (Å²) in [6, 6.07) is 3.93. The average molecular weight is 449 g/mol. The molecule has 3 rings (SSSR count). The van der Waals surface area contributed by atoms with E-state index in [1.54, 1.807) is 4.90 Å². The molecule has 0 aliphatic carbocycles. The van der Waals surface area contributed by atoms with Gasteiger partial charge >= 0.3 is 0 Å². The molecule has 1 aromatic rings. The Kier molecular flexibility index (Phi) is 5.97. The van der Waals surface area contributed by atoms with Crippen LogP contribution in [0.2, 0.25) is 0 Å². The molecule has 1 amide bonds. The van der Waals surface area contributed by atoms with Gasteiger partial charge in [-0.05, 0) is 41.2 Å². The molecule has 2 aliphatic rings. The van der Waals surface area contributed by atoms with Gasteiger partial charge in [-0.1, -0.05) is 0 Å². The van der Waals surface area contributed by atoms with Crippen molar-refractivity contribution in [2.45, 2.75) is 0 Å². The number of hydrogen-bond acceptors (Lipinski definition) is 4. The van der Waals surface area contributed by atoms with Crippen LogP contribution in [0, 0.1) is 5.82 Å². The van der Waals surface area contributed by atoms with E-state index in [0.29, 0.717) is 36.2 Å². The standard InChI is InChI=1S/C16H22BrFN4O3S/c1-19-4-8-21(9-5-19)26(24,25)22-10-6-20(7-11-22)16(23)14-3-2-13(18)12-15(14)17/h2-3,12H,4-11H2,1H3.